The smallest absolute Gasteiger partial charge is 0.254 e. The summed E-state index contributed by atoms with van der Waals surface area (Å²) in [5, 5.41) is 18.9. The molecule has 2 aromatic carbocycles. The summed E-state index contributed by atoms with van der Waals surface area (Å²) in [5.74, 6) is 0.174. The van der Waals surface area contributed by atoms with Crippen LogP contribution in [0.25, 0.3) is 0 Å². The highest BCUT2D eigenvalue weighted by molar-refractivity contribution is 5.95. The van der Waals surface area contributed by atoms with Gasteiger partial charge in [0.1, 0.15) is 5.75 Å². The van der Waals surface area contributed by atoms with E-state index in [9.17, 15) is 15.0 Å². The van der Waals surface area contributed by atoms with Gasteiger partial charge in [-0.25, -0.2) is 0 Å². The molecule has 0 bridgehead atoms. The van der Waals surface area contributed by atoms with Crippen molar-refractivity contribution in [2.75, 3.05) is 38.2 Å². The minimum atomic E-state index is -0.280. The number of carbonyl (C=O) groups is 1. The maximum Gasteiger partial charge on any atom is 0.254 e. The first-order valence-electron chi connectivity index (χ1n) is 7.79. The standard InChI is InChI=1S/C18H20N2O4/c1-24-15-5-3-14(4-6-15)19-8-10-20(11-9-19)18(23)13-2-7-16(21)17(22)12-13/h2-7,12,21-22H,8-11H2,1H3. The van der Waals surface area contributed by atoms with Crippen LogP contribution in [0.3, 0.4) is 0 Å². The Labute approximate surface area is 140 Å². The molecule has 24 heavy (non-hydrogen) atoms. The number of aromatic hydroxyl groups is 2. The van der Waals surface area contributed by atoms with Gasteiger partial charge in [-0.1, -0.05) is 0 Å². The summed E-state index contributed by atoms with van der Waals surface area (Å²) in [6.45, 7) is 2.68. The minimum Gasteiger partial charge on any atom is -0.504 e. The predicted molar refractivity (Wildman–Crippen MR) is 90.9 cm³/mol. The number of carbonyl (C=O) groups excluding carboxylic acids is 1. The molecule has 0 aromatic heterocycles. The third kappa shape index (κ3) is 3.22. The summed E-state index contributed by atoms with van der Waals surface area (Å²) in [4.78, 5) is 16.5. The number of anilines is 1. The topological polar surface area (TPSA) is 73.2 Å². The van der Waals surface area contributed by atoms with Crippen LogP contribution in [0.4, 0.5) is 5.69 Å². The number of phenols is 2. The van der Waals surface area contributed by atoms with Gasteiger partial charge in [0, 0.05) is 37.4 Å². The van der Waals surface area contributed by atoms with Gasteiger partial charge in [0.05, 0.1) is 7.11 Å². The van der Waals surface area contributed by atoms with Gasteiger partial charge in [-0.3, -0.25) is 4.79 Å². The second kappa shape index (κ2) is 6.70. The number of amides is 1. The Kier molecular flexibility index (Phi) is 4.46. The van der Waals surface area contributed by atoms with E-state index in [2.05, 4.69) is 4.90 Å². The zero-order valence-electron chi connectivity index (χ0n) is 13.5. The first-order chi connectivity index (χ1) is 11.6. The molecule has 0 spiro atoms. The van der Waals surface area contributed by atoms with E-state index in [4.69, 9.17) is 4.74 Å². The van der Waals surface area contributed by atoms with E-state index in [0.29, 0.717) is 18.7 Å². The van der Waals surface area contributed by atoms with Crippen molar-refractivity contribution in [3.05, 3.63) is 48.0 Å². The Morgan fingerprint density at radius 2 is 1.62 bits per heavy atom. The highest BCUT2D eigenvalue weighted by atomic mass is 16.5. The molecule has 126 valence electrons. The maximum atomic E-state index is 12.5. The average Bonchev–Trinajstić information content (AvgIpc) is 2.63. The molecule has 2 N–H and O–H groups in total. The van der Waals surface area contributed by atoms with Gasteiger partial charge in [0.15, 0.2) is 11.5 Å². The van der Waals surface area contributed by atoms with Crippen molar-refractivity contribution in [3.8, 4) is 17.2 Å². The van der Waals surface area contributed by atoms with Gasteiger partial charge in [0.2, 0.25) is 0 Å². The van der Waals surface area contributed by atoms with Gasteiger partial charge in [-0.15, -0.1) is 0 Å². The second-order valence-electron chi connectivity index (χ2n) is 5.68. The van der Waals surface area contributed by atoms with E-state index in [1.807, 2.05) is 24.3 Å². The number of phenolic OH excluding ortho intramolecular Hbond substituents is 2. The van der Waals surface area contributed by atoms with E-state index < -0.39 is 0 Å². The lowest BCUT2D eigenvalue weighted by atomic mass is 10.1. The van der Waals surface area contributed by atoms with Crippen LogP contribution in [0.5, 0.6) is 17.2 Å². The SMILES string of the molecule is COc1ccc(N2CCN(C(=O)c3ccc(O)c(O)c3)CC2)cc1. The van der Waals surface area contributed by atoms with Crippen LogP contribution in [-0.4, -0.2) is 54.3 Å². The molecule has 0 radical (unpaired) electrons. The number of rotatable bonds is 3. The summed E-state index contributed by atoms with van der Waals surface area (Å²) >= 11 is 0. The molecule has 0 saturated carbocycles. The van der Waals surface area contributed by atoms with Crippen molar-refractivity contribution in [1.82, 2.24) is 4.90 Å². The predicted octanol–water partition coefficient (Wildman–Crippen LogP) is 2.07. The van der Waals surface area contributed by atoms with Crippen molar-refractivity contribution in [2.45, 2.75) is 0 Å². The summed E-state index contributed by atoms with van der Waals surface area (Å²) in [7, 11) is 1.64. The van der Waals surface area contributed by atoms with Gasteiger partial charge in [0.25, 0.3) is 5.91 Å². The monoisotopic (exact) mass is 328 g/mol. The lowest BCUT2D eigenvalue weighted by Gasteiger charge is -2.36. The Bertz CT molecular complexity index is 722. The molecule has 1 amide bonds. The van der Waals surface area contributed by atoms with Crippen LogP contribution >= 0.6 is 0 Å². The number of hydrogen-bond donors (Lipinski definition) is 2. The third-order valence-corrected chi connectivity index (χ3v) is 4.23. The fraction of sp³-hybridized carbons (Fsp3) is 0.278. The Balaban J connectivity index is 1.63. The van der Waals surface area contributed by atoms with Crippen LogP contribution in [0.2, 0.25) is 0 Å². The molecule has 1 aliphatic heterocycles. The normalized spacial score (nSPS) is 14.5. The summed E-state index contributed by atoms with van der Waals surface area (Å²) < 4.78 is 5.16. The fourth-order valence-electron chi connectivity index (χ4n) is 2.80. The third-order valence-electron chi connectivity index (χ3n) is 4.23. The van der Waals surface area contributed by atoms with Crippen LogP contribution in [-0.2, 0) is 0 Å². The summed E-state index contributed by atoms with van der Waals surface area (Å²) in [5.41, 5.74) is 1.48. The van der Waals surface area contributed by atoms with Crippen LogP contribution < -0.4 is 9.64 Å². The molecular weight excluding hydrogens is 308 g/mol. The molecule has 3 rings (SSSR count). The highest BCUT2D eigenvalue weighted by Gasteiger charge is 2.23. The van der Waals surface area contributed by atoms with Crippen molar-refractivity contribution in [2.24, 2.45) is 0 Å². The quantitative estimate of drug-likeness (QED) is 0.844. The molecule has 6 nitrogen and oxygen atoms in total. The second-order valence-corrected chi connectivity index (χ2v) is 5.68. The van der Waals surface area contributed by atoms with Crippen molar-refractivity contribution in [3.63, 3.8) is 0 Å². The molecule has 1 aliphatic rings. The summed E-state index contributed by atoms with van der Waals surface area (Å²) in [6, 6.07) is 12.0. The first-order valence-corrected chi connectivity index (χ1v) is 7.79. The average molecular weight is 328 g/mol. The number of hydrogen-bond acceptors (Lipinski definition) is 5. The zero-order chi connectivity index (χ0) is 17.1. The van der Waals surface area contributed by atoms with E-state index >= 15 is 0 Å². The van der Waals surface area contributed by atoms with E-state index in [-0.39, 0.29) is 17.4 Å². The van der Waals surface area contributed by atoms with Gasteiger partial charge in [-0.05, 0) is 42.5 Å². The molecule has 1 heterocycles. The number of benzene rings is 2. The molecular formula is C18H20N2O4. The largest absolute Gasteiger partial charge is 0.504 e. The Hall–Kier alpha value is -2.89. The number of piperazine rings is 1. The van der Waals surface area contributed by atoms with Crippen LogP contribution in [0.1, 0.15) is 10.4 Å². The van der Waals surface area contributed by atoms with Gasteiger partial charge < -0.3 is 24.7 Å². The molecule has 1 saturated heterocycles. The minimum absolute atomic E-state index is 0.139. The van der Waals surface area contributed by atoms with Crippen molar-refractivity contribution >= 4 is 11.6 Å². The molecule has 6 heteroatoms. The van der Waals surface area contributed by atoms with Crippen LogP contribution in [0.15, 0.2) is 42.5 Å². The Morgan fingerprint density at radius 3 is 2.21 bits per heavy atom. The Morgan fingerprint density at radius 1 is 0.958 bits per heavy atom. The fourth-order valence-corrected chi connectivity index (χ4v) is 2.80. The van der Waals surface area contributed by atoms with E-state index in [0.717, 1.165) is 24.5 Å². The lowest BCUT2D eigenvalue weighted by Crippen LogP contribution is -2.48. The summed E-state index contributed by atoms with van der Waals surface area (Å²) in [6.07, 6.45) is 0. The maximum absolute atomic E-state index is 12.5. The van der Waals surface area contributed by atoms with Crippen LogP contribution in [0, 0.1) is 0 Å². The van der Waals surface area contributed by atoms with E-state index in [1.165, 1.54) is 18.2 Å². The molecule has 0 aliphatic carbocycles. The highest BCUT2D eigenvalue weighted by Crippen LogP contribution is 2.26. The van der Waals surface area contributed by atoms with Crippen molar-refractivity contribution < 1.29 is 19.7 Å². The van der Waals surface area contributed by atoms with Crippen molar-refractivity contribution in [1.29, 1.82) is 0 Å². The number of ether oxygens (including phenoxy) is 1. The molecule has 1 fully saturated rings. The molecule has 0 atom stereocenters. The lowest BCUT2D eigenvalue weighted by molar-refractivity contribution is 0.0746. The number of methoxy groups -OCH3 is 1. The molecule has 0 unspecified atom stereocenters. The zero-order valence-corrected chi connectivity index (χ0v) is 13.5. The van der Waals surface area contributed by atoms with Gasteiger partial charge >= 0.3 is 0 Å². The first kappa shape index (κ1) is 16.0. The van der Waals surface area contributed by atoms with E-state index in [1.54, 1.807) is 12.0 Å². The number of nitrogens with zero attached hydrogens (tertiary/aromatic N) is 2. The van der Waals surface area contributed by atoms with Gasteiger partial charge in [-0.2, -0.15) is 0 Å². The molecule has 2 aromatic rings.